The molecule has 26 heavy (non-hydrogen) atoms. The van der Waals surface area contributed by atoms with Crippen LogP contribution in [-0.2, 0) is 12.8 Å². The van der Waals surface area contributed by atoms with Crippen LogP contribution in [0.5, 0.6) is 0 Å². The first-order valence-electron chi connectivity index (χ1n) is 9.78. The van der Waals surface area contributed by atoms with Gasteiger partial charge in [0.2, 0.25) is 0 Å². The van der Waals surface area contributed by atoms with Crippen LogP contribution in [0.3, 0.4) is 0 Å². The Morgan fingerprint density at radius 3 is 2.96 bits per heavy atom. The van der Waals surface area contributed by atoms with Crippen molar-refractivity contribution < 1.29 is 0 Å². The van der Waals surface area contributed by atoms with Crippen molar-refractivity contribution >= 4 is 27.4 Å². The highest BCUT2D eigenvalue weighted by Gasteiger charge is 2.33. The molecule has 2 fully saturated rings. The van der Waals surface area contributed by atoms with Gasteiger partial charge in [0.1, 0.15) is 29.1 Å². The molecule has 0 aromatic carbocycles. The van der Waals surface area contributed by atoms with Crippen LogP contribution in [-0.4, -0.2) is 37.8 Å². The van der Waals surface area contributed by atoms with E-state index in [1.165, 1.54) is 71.4 Å². The number of hydrogen-bond donors (Lipinski definition) is 0. The summed E-state index contributed by atoms with van der Waals surface area (Å²) in [6.45, 7) is 2.06. The average Bonchev–Trinajstić information content (AvgIpc) is 3.07. The highest BCUT2D eigenvalue weighted by Crippen LogP contribution is 2.42. The van der Waals surface area contributed by atoms with Gasteiger partial charge in [-0.05, 0) is 50.5 Å². The van der Waals surface area contributed by atoms with Crippen LogP contribution >= 0.6 is 11.3 Å². The van der Waals surface area contributed by atoms with Crippen molar-refractivity contribution in [2.75, 3.05) is 18.0 Å². The molecule has 1 atom stereocenters. The van der Waals surface area contributed by atoms with E-state index in [0.29, 0.717) is 12.0 Å². The molecule has 0 radical (unpaired) electrons. The summed E-state index contributed by atoms with van der Waals surface area (Å²) >= 11 is 1.87. The normalized spacial score (nSPS) is 22.9. The fourth-order valence-electron chi connectivity index (χ4n) is 4.71. The number of fused-ring (bicyclic) bond motifs is 3. The molecule has 134 valence electrons. The van der Waals surface area contributed by atoms with Crippen LogP contribution in [0, 0.1) is 0 Å². The van der Waals surface area contributed by atoms with Crippen LogP contribution in [0.25, 0.3) is 10.2 Å². The first-order valence-corrected chi connectivity index (χ1v) is 10.6. The topological polar surface area (TPSA) is 59.7 Å². The van der Waals surface area contributed by atoms with E-state index < -0.39 is 0 Å². The molecule has 1 saturated carbocycles. The molecule has 0 amide bonds. The van der Waals surface area contributed by atoms with Gasteiger partial charge >= 0.3 is 0 Å². The van der Waals surface area contributed by atoms with E-state index in [4.69, 9.17) is 4.98 Å². The molecule has 4 heterocycles. The Labute approximate surface area is 156 Å². The number of rotatable bonds is 3. The zero-order chi connectivity index (χ0) is 17.1. The minimum atomic E-state index is 0.448. The van der Waals surface area contributed by atoms with E-state index in [0.717, 1.165) is 18.9 Å². The Morgan fingerprint density at radius 1 is 1.08 bits per heavy atom. The van der Waals surface area contributed by atoms with E-state index >= 15 is 0 Å². The molecule has 6 rings (SSSR count). The molecule has 3 aromatic rings. The minimum absolute atomic E-state index is 0.448. The molecule has 1 unspecified atom stereocenters. The zero-order valence-corrected chi connectivity index (χ0v) is 15.6. The lowest BCUT2D eigenvalue weighted by Gasteiger charge is -2.33. The smallest absolute Gasteiger partial charge is 0.141 e. The Bertz CT molecular complexity index is 972. The highest BCUT2D eigenvalue weighted by molar-refractivity contribution is 7.19. The number of piperidine rings is 1. The molecule has 0 N–H and O–H groups in total. The molecule has 2 aliphatic carbocycles. The van der Waals surface area contributed by atoms with Gasteiger partial charge in [0.25, 0.3) is 0 Å². The lowest BCUT2D eigenvalue weighted by Crippen LogP contribution is -2.36. The van der Waals surface area contributed by atoms with E-state index in [2.05, 4.69) is 24.6 Å². The zero-order valence-electron chi connectivity index (χ0n) is 14.8. The lowest BCUT2D eigenvalue weighted by molar-refractivity contribution is 0.469. The number of anilines is 1. The molecule has 6 nitrogen and oxygen atoms in total. The van der Waals surface area contributed by atoms with E-state index in [1.54, 1.807) is 6.33 Å². The van der Waals surface area contributed by atoms with Crippen molar-refractivity contribution in [3.05, 3.63) is 28.9 Å². The second-order valence-corrected chi connectivity index (χ2v) is 8.93. The predicted octanol–water partition coefficient (Wildman–Crippen LogP) is 3.49. The Kier molecular flexibility index (Phi) is 3.33. The van der Waals surface area contributed by atoms with Crippen molar-refractivity contribution in [2.45, 2.75) is 56.9 Å². The lowest BCUT2D eigenvalue weighted by atomic mass is 9.96. The Morgan fingerprint density at radius 2 is 2.04 bits per heavy atom. The van der Waals surface area contributed by atoms with Crippen LogP contribution in [0.1, 0.15) is 60.3 Å². The maximum Gasteiger partial charge on any atom is 0.141 e. The predicted molar refractivity (Wildman–Crippen MR) is 102 cm³/mol. The van der Waals surface area contributed by atoms with Gasteiger partial charge in [0.15, 0.2) is 0 Å². The first kappa shape index (κ1) is 15.1. The van der Waals surface area contributed by atoms with Crippen LogP contribution < -0.4 is 4.90 Å². The summed E-state index contributed by atoms with van der Waals surface area (Å²) < 4.78 is 2.33. The summed E-state index contributed by atoms with van der Waals surface area (Å²) in [5.74, 6) is 2.78. The van der Waals surface area contributed by atoms with Gasteiger partial charge in [-0.3, -0.25) is 0 Å². The third-order valence-corrected chi connectivity index (χ3v) is 7.31. The minimum Gasteiger partial charge on any atom is -0.355 e. The van der Waals surface area contributed by atoms with Crippen LogP contribution in [0.2, 0.25) is 0 Å². The van der Waals surface area contributed by atoms with E-state index in [-0.39, 0.29) is 0 Å². The first-order chi connectivity index (χ1) is 12.9. The van der Waals surface area contributed by atoms with Gasteiger partial charge in [-0.15, -0.1) is 21.5 Å². The summed E-state index contributed by atoms with van der Waals surface area (Å²) in [4.78, 5) is 14.5. The summed E-state index contributed by atoms with van der Waals surface area (Å²) in [6, 6.07) is 0.640. The number of thiophene rings is 1. The van der Waals surface area contributed by atoms with Gasteiger partial charge in [-0.2, -0.15) is 0 Å². The second kappa shape index (κ2) is 5.74. The van der Waals surface area contributed by atoms with Crippen LogP contribution in [0.15, 0.2) is 12.7 Å². The number of nitrogens with zero attached hydrogens (tertiary/aromatic N) is 6. The van der Waals surface area contributed by atoms with Gasteiger partial charge in [-0.1, -0.05) is 0 Å². The van der Waals surface area contributed by atoms with Gasteiger partial charge < -0.3 is 9.47 Å². The average molecular weight is 366 g/mol. The van der Waals surface area contributed by atoms with Crippen molar-refractivity contribution in [3.63, 3.8) is 0 Å². The third-order valence-electron chi connectivity index (χ3n) is 6.11. The second-order valence-electron chi connectivity index (χ2n) is 7.85. The SMILES string of the molecule is c1nc(N2CCCC(c3nncn3C3CC3)C2)c2c3c(sc2n1)CCC3. The molecule has 3 aromatic heterocycles. The Hall–Kier alpha value is -2.02. The van der Waals surface area contributed by atoms with E-state index in [1.807, 2.05) is 17.7 Å². The number of aromatic nitrogens is 5. The summed E-state index contributed by atoms with van der Waals surface area (Å²) in [5, 5.41) is 10.0. The maximum atomic E-state index is 4.74. The molecule has 3 aliphatic rings. The molecule has 1 aliphatic heterocycles. The number of aryl methyl sites for hydroxylation is 2. The summed E-state index contributed by atoms with van der Waals surface area (Å²) in [7, 11) is 0. The van der Waals surface area contributed by atoms with Gasteiger partial charge in [-0.25, -0.2) is 9.97 Å². The van der Waals surface area contributed by atoms with Crippen molar-refractivity contribution in [1.82, 2.24) is 24.7 Å². The number of hydrogen-bond acceptors (Lipinski definition) is 6. The fourth-order valence-corrected chi connectivity index (χ4v) is 5.93. The molecule has 0 bridgehead atoms. The Balaban J connectivity index is 1.37. The van der Waals surface area contributed by atoms with Gasteiger partial charge in [0.05, 0.1) is 5.39 Å². The molecule has 7 heteroatoms. The van der Waals surface area contributed by atoms with Crippen molar-refractivity contribution in [1.29, 1.82) is 0 Å². The molecular formula is C19H22N6S. The largest absolute Gasteiger partial charge is 0.355 e. The van der Waals surface area contributed by atoms with Gasteiger partial charge in [0, 0.05) is 29.9 Å². The summed E-state index contributed by atoms with van der Waals surface area (Å²) in [5.41, 5.74) is 1.52. The van der Waals surface area contributed by atoms with E-state index in [9.17, 15) is 0 Å². The molecule has 1 saturated heterocycles. The van der Waals surface area contributed by atoms with Crippen molar-refractivity contribution in [2.24, 2.45) is 0 Å². The maximum absolute atomic E-state index is 4.74. The molecular weight excluding hydrogens is 344 g/mol. The van der Waals surface area contributed by atoms with Crippen LogP contribution in [0.4, 0.5) is 5.82 Å². The quantitative estimate of drug-likeness (QED) is 0.710. The molecule has 0 spiro atoms. The highest BCUT2D eigenvalue weighted by atomic mass is 32.1. The summed E-state index contributed by atoms with van der Waals surface area (Å²) in [6.07, 6.45) is 12.3. The monoisotopic (exact) mass is 366 g/mol. The third kappa shape index (κ3) is 2.29. The standard InChI is InChI=1S/C19H22N6S/c1-4-14-15(5-1)26-19-16(14)18(20-10-21-19)24-8-2-3-12(9-24)17-23-22-11-25(17)13-6-7-13/h10-13H,1-9H2. The van der Waals surface area contributed by atoms with Crippen molar-refractivity contribution in [3.8, 4) is 0 Å². The fraction of sp³-hybridized carbons (Fsp3) is 0.579.